The predicted molar refractivity (Wildman–Crippen MR) is 59.8 cm³/mol. The molecule has 1 rings (SSSR count). The molecule has 0 heterocycles. The maximum Gasteiger partial charge on any atom is 0.252 e. The third-order valence-corrected chi connectivity index (χ3v) is 2.17. The van der Waals surface area contributed by atoms with Crippen molar-refractivity contribution in [3.05, 3.63) is 23.8 Å². The maximum atomic E-state index is 11.1. The summed E-state index contributed by atoms with van der Waals surface area (Å²) in [5, 5.41) is 0. The highest BCUT2D eigenvalue weighted by Gasteiger charge is 2.11. The summed E-state index contributed by atoms with van der Waals surface area (Å²) in [6, 6.07) is 4.82. The van der Waals surface area contributed by atoms with Crippen molar-refractivity contribution in [3.8, 4) is 5.75 Å². The second kappa shape index (κ2) is 4.68. The van der Waals surface area contributed by atoms with Gasteiger partial charge in [-0.1, -0.05) is 6.92 Å². The Balaban J connectivity index is 3.02. The summed E-state index contributed by atoms with van der Waals surface area (Å²) in [7, 11) is 0. The molecule has 1 unspecified atom stereocenters. The van der Waals surface area contributed by atoms with Crippen LogP contribution in [-0.4, -0.2) is 12.0 Å². The van der Waals surface area contributed by atoms with Crippen molar-refractivity contribution in [2.45, 2.75) is 26.4 Å². The monoisotopic (exact) mass is 208 g/mol. The van der Waals surface area contributed by atoms with Crippen molar-refractivity contribution in [1.29, 1.82) is 0 Å². The van der Waals surface area contributed by atoms with E-state index in [0.29, 0.717) is 17.0 Å². The summed E-state index contributed by atoms with van der Waals surface area (Å²) >= 11 is 0. The van der Waals surface area contributed by atoms with E-state index in [0.717, 1.165) is 6.42 Å². The van der Waals surface area contributed by atoms with E-state index in [1.54, 1.807) is 18.2 Å². The minimum Gasteiger partial charge on any atom is -0.490 e. The number of anilines is 1. The first-order valence-corrected chi connectivity index (χ1v) is 4.90. The van der Waals surface area contributed by atoms with Crippen LogP contribution in [0.3, 0.4) is 0 Å². The summed E-state index contributed by atoms with van der Waals surface area (Å²) in [6.07, 6.45) is 0.886. The van der Waals surface area contributed by atoms with Gasteiger partial charge in [-0.05, 0) is 25.5 Å². The standard InChI is InChI=1S/C11H16N2O2/c1-3-7(2)15-10-6-8(12)4-5-9(10)11(13)14/h4-7H,3,12H2,1-2H3,(H2,13,14). The molecular formula is C11H16N2O2. The fraction of sp³-hybridized carbons (Fsp3) is 0.364. The number of carbonyl (C=O) groups excluding carboxylic acids is 1. The Morgan fingerprint density at radius 1 is 1.53 bits per heavy atom. The average Bonchev–Trinajstić information content (AvgIpc) is 2.17. The van der Waals surface area contributed by atoms with Gasteiger partial charge in [-0.25, -0.2) is 0 Å². The van der Waals surface area contributed by atoms with Crippen LogP contribution in [0.1, 0.15) is 30.6 Å². The lowest BCUT2D eigenvalue weighted by molar-refractivity contribution is 0.0993. The van der Waals surface area contributed by atoms with Gasteiger partial charge in [0, 0.05) is 11.8 Å². The number of hydrogen-bond acceptors (Lipinski definition) is 3. The van der Waals surface area contributed by atoms with Crippen LogP contribution in [0.15, 0.2) is 18.2 Å². The summed E-state index contributed by atoms with van der Waals surface area (Å²) < 4.78 is 5.56. The molecule has 0 saturated heterocycles. The zero-order valence-corrected chi connectivity index (χ0v) is 8.99. The Morgan fingerprint density at radius 3 is 2.73 bits per heavy atom. The molecule has 0 radical (unpaired) electrons. The molecule has 0 aliphatic rings. The molecule has 0 aliphatic carbocycles. The lowest BCUT2D eigenvalue weighted by Crippen LogP contribution is -2.17. The molecule has 1 aromatic rings. The molecule has 15 heavy (non-hydrogen) atoms. The summed E-state index contributed by atoms with van der Waals surface area (Å²) in [5.74, 6) is -0.0508. The van der Waals surface area contributed by atoms with Crippen molar-refractivity contribution in [2.75, 3.05) is 5.73 Å². The van der Waals surface area contributed by atoms with Crippen molar-refractivity contribution in [1.82, 2.24) is 0 Å². The zero-order chi connectivity index (χ0) is 11.4. The summed E-state index contributed by atoms with van der Waals surface area (Å²) in [6.45, 7) is 3.93. The van der Waals surface area contributed by atoms with Gasteiger partial charge in [0.1, 0.15) is 5.75 Å². The lowest BCUT2D eigenvalue weighted by Gasteiger charge is -2.15. The SMILES string of the molecule is CCC(C)Oc1cc(N)ccc1C(N)=O. The van der Waals surface area contributed by atoms with Crippen LogP contribution in [0.2, 0.25) is 0 Å². The zero-order valence-electron chi connectivity index (χ0n) is 8.99. The number of rotatable bonds is 4. The van der Waals surface area contributed by atoms with E-state index in [-0.39, 0.29) is 6.10 Å². The highest BCUT2D eigenvalue weighted by molar-refractivity contribution is 5.96. The number of primary amides is 1. The minimum atomic E-state index is -0.506. The van der Waals surface area contributed by atoms with Crippen LogP contribution in [0, 0.1) is 0 Å². The van der Waals surface area contributed by atoms with E-state index < -0.39 is 5.91 Å². The van der Waals surface area contributed by atoms with Gasteiger partial charge < -0.3 is 16.2 Å². The second-order valence-corrected chi connectivity index (χ2v) is 3.46. The number of nitrogen functional groups attached to an aromatic ring is 1. The molecule has 4 heteroatoms. The molecule has 1 atom stereocenters. The fourth-order valence-corrected chi connectivity index (χ4v) is 1.14. The molecule has 1 aromatic carbocycles. The number of amides is 1. The van der Waals surface area contributed by atoms with Crippen LogP contribution in [0.5, 0.6) is 5.75 Å². The Hall–Kier alpha value is -1.71. The molecule has 0 bridgehead atoms. The third-order valence-electron chi connectivity index (χ3n) is 2.17. The van der Waals surface area contributed by atoms with E-state index in [1.807, 2.05) is 13.8 Å². The van der Waals surface area contributed by atoms with Gasteiger partial charge >= 0.3 is 0 Å². The van der Waals surface area contributed by atoms with Crippen molar-refractivity contribution >= 4 is 11.6 Å². The first-order valence-electron chi connectivity index (χ1n) is 4.90. The molecule has 4 nitrogen and oxygen atoms in total. The fourth-order valence-electron chi connectivity index (χ4n) is 1.14. The highest BCUT2D eigenvalue weighted by atomic mass is 16.5. The smallest absolute Gasteiger partial charge is 0.252 e. The lowest BCUT2D eigenvalue weighted by atomic mass is 10.1. The molecule has 0 spiro atoms. The molecule has 0 fully saturated rings. The largest absolute Gasteiger partial charge is 0.490 e. The highest BCUT2D eigenvalue weighted by Crippen LogP contribution is 2.23. The van der Waals surface area contributed by atoms with Gasteiger partial charge in [0.15, 0.2) is 0 Å². The molecule has 1 amide bonds. The summed E-state index contributed by atoms with van der Waals surface area (Å²) in [4.78, 5) is 11.1. The Kier molecular flexibility index (Phi) is 3.55. The number of carbonyl (C=O) groups is 1. The number of hydrogen-bond donors (Lipinski definition) is 2. The van der Waals surface area contributed by atoms with Gasteiger partial charge in [0.05, 0.1) is 11.7 Å². The molecule has 0 aliphatic heterocycles. The molecule has 82 valence electrons. The quantitative estimate of drug-likeness (QED) is 0.737. The van der Waals surface area contributed by atoms with Crippen LogP contribution in [0.25, 0.3) is 0 Å². The van der Waals surface area contributed by atoms with Gasteiger partial charge in [0.25, 0.3) is 5.91 Å². The number of ether oxygens (including phenoxy) is 1. The second-order valence-electron chi connectivity index (χ2n) is 3.46. The van der Waals surface area contributed by atoms with E-state index in [1.165, 1.54) is 0 Å². The van der Waals surface area contributed by atoms with Gasteiger partial charge in [-0.3, -0.25) is 4.79 Å². The average molecular weight is 208 g/mol. The minimum absolute atomic E-state index is 0.0323. The molecule has 0 aromatic heterocycles. The van der Waals surface area contributed by atoms with E-state index >= 15 is 0 Å². The van der Waals surface area contributed by atoms with E-state index in [4.69, 9.17) is 16.2 Å². The Morgan fingerprint density at radius 2 is 2.20 bits per heavy atom. The van der Waals surface area contributed by atoms with Gasteiger partial charge in [0.2, 0.25) is 0 Å². The van der Waals surface area contributed by atoms with Crippen LogP contribution in [-0.2, 0) is 0 Å². The Bertz CT molecular complexity index is 364. The maximum absolute atomic E-state index is 11.1. The van der Waals surface area contributed by atoms with Gasteiger partial charge in [-0.15, -0.1) is 0 Å². The normalized spacial score (nSPS) is 12.1. The van der Waals surface area contributed by atoms with Gasteiger partial charge in [-0.2, -0.15) is 0 Å². The molecular weight excluding hydrogens is 192 g/mol. The Labute approximate surface area is 89.2 Å². The topological polar surface area (TPSA) is 78.3 Å². The van der Waals surface area contributed by atoms with E-state index in [2.05, 4.69) is 0 Å². The van der Waals surface area contributed by atoms with Crippen molar-refractivity contribution in [3.63, 3.8) is 0 Å². The van der Waals surface area contributed by atoms with Crippen molar-refractivity contribution in [2.24, 2.45) is 5.73 Å². The summed E-state index contributed by atoms with van der Waals surface area (Å²) in [5.41, 5.74) is 11.8. The first-order chi connectivity index (χ1) is 7.04. The first kappa shape index (κ1) is 11.4. The van der Waals surface area contributed by atoms with Crippen LogP contribution in [0.4, 0.5) is 5.69 Å². The van der Waals surface area contributed by atoms with Crippen molar-refractivity contribution < 1.29 is 9.53 Å². The van der Waals surface area contributed by atoms with Crippen LogP contribution < -0.4 is 16.2 Å². The predicted octanol–water partition coefficient (Wildman–Crippen LogP) is 1.54. The molecule has 4 N–H and O–H groups in total. The van der Waals surface area contributed by atoms with Crippen LogP contribution >= 0.6 is 0 Å². The molecule has 0 saturated carbocycles. The third kappa shape index (κ3) is 2.87. The van der Waals surface area contributed by atoms with E-state index in [9.17, 15) is 4.79 Å². The number of benzene rings is 1. The number of nitrogens with two attached hydrogens (primary N) is 2.